The van der Waals surface area contributed by atoms with Crippen LogP contribution in [-0.2, 0) is 4.79 Å². The van der Waals surface area contributed by atoms with Crippen LogP contribution in [0, 0.1) is 0 Å². The summed E-state index contributed by atoms with van der Waals surface area (Å²) in [6.07, 6.45) is 4.67. The van der Waals surface area contributed by atoms with E-state index >= 15 is 0 Å². The number of rotatable bonds is 2. The predicted molar refractivity (Wildman–Crippen MR) is 53.5 cm³/mol. The second-order valence-corrected chi connectivity index (χ2v) is 4.17. The Morgan fingerprint density at radius 2 is 1.77 bits per heavy atom. The van der Waals surface area contributed by atoms with Gasteiger partial charge in [-0.2, -0.15) is 0 Å². The van der Waals surface area contributed by atoms with Gasteiger partial charge in [0.2, 0.25) is 5.91 Å². The predicted octanol–water partition coefficient (Wildman–Crippen LogP) is 0.995. The van der Waals surface area contributed by atoms with Crippen LogP contribution in [0.4, 0.5) is 0 Å². The first-order valence-corrected chi connectivity index (χ1v) is 5.03. The molecule has 76 valence electrons. The minimum atomic E-state index is 0.105. The Morgan fingerprint density at radius 1 is 1.23 bits per heavy atom. The number of hydrogen-bond acceptors (Lipinski definition) is 2. The van der Waals surface area contributed by atoms with Crippen LogP contribution in [0.5, 0.6) is 0 Å². The molecule has 0 aromatic rings. The van der Waals surface area contributed by atoms with E-state index in [2.05, 4.69) is 24.3 Å². The highest BCUT2D eigenvalue weighted by atomic mass is 16.1. The first-order valence-electron chi connectivity index (χ1n) is 5.03. The van der Waals surface area contributed by atoms with E-state index in [1.165, 1.54) is 12.8 Å². The number of amides is 1. The molecule has 0 spiro atoms. The van der Waals surface area contributed by atoms with Gasteiger partial charge >= 0.3 is 0 Å². The van der Waals surface area contributed by atoms with E-state index < -0.39 is 0 Å². The zero-order valence-corrected chi connectivity index (χ0v) is 8.84. The second kappa shape index (κ2) is 4.61. The molecule has 1 aliphatic carbocycles. The molecule has 1 rings (SSSR count). The maximum Gasteiger partial charge on any atom is 0.217 e. The molecule has 0 aliphatic heterocycles. The highest BCUT2D eigenvalue weighted by Crippen LogP contribution is 2.21. The van der Waals surface area contributed by atoms with Gasteiger partial charge in [-0.1, -0.05) is 0 Å². The monoisotopic (exact) mass is 184 g/mol. The molecular formula is C10H20N2O. The fraction of sp³-hybridized carbons (Fsp3) is 0.900. The van der Waals surface area contributed by atoms with E-state index in [0.29, 0.717) is 12.1 Å². The lowest BCUT2D eigenvalue weighted by Crippen LogP contribution is -2.40. The fourth-order valence-corrected chi connectivity index (χ4v) is 2.02. The van der Waals surface area contributed by atoms with Gasteiger partial charge in [0.1, 0.15) is 0 Å². The molecule has 0 heterocycles. The summed E-state index contributed by atoms with van der Waals surface area (Å²) >= 11 is 0. The van der Waals surface area contributed by atoms with Gasteiger partial charge in [-0.25, -0.2) is 0 Å². The average Bonchev–Trinajstić information content (AvgIpc) is 2.04. The second-order valence-electron chi connectivity index (χ2n) is 4.17. The number of carbonyl (C=O) groups excluding carboxylic acids is 1. The Bertz CT molecular complexity index is 172. The maximum absolute atomic E-state index is 10.8. The van der Waals surface area contributed by atoms with Crippen LogP contribution in [0.1, 0.15) is 32.6 Å². The van der Waals surface area contributed by atoms with Crippen LogP contribution in [0.3, 0.4) is 0 Å². The van der Waals surface area contributed by atoms with E-state index in [4.69, 9.17) is 0 Å². The first kappa shape index (κ1) is 10.5. The molecular weight excluding hydrogens is 164 g/mol. The van der Waals surface area contributed by atoms with Crippen LogP contribution >= 0.6 is 0 Å². The van der Waals surface area contributed by atoms with Crippen molar-refractivity contribution in [3.63, 3.8) is 0 Å². The quantitative estimate of drug-likeness (QED) is 0.694. The van der Waals surface area contributed by atoms with Gasteiger partial charge in [-0.15, -0.1) is 0 Å². The van der Waals surface area contributed by atoms with Crippen LogP contribution in [0.15, 0.2) is 0 Å². The van der Waals surface area contributed by atoms with Crippen molar-refractivity contribution in [2.45, 2.75) is 44.7 Å². The third-order valence-electron chi connectivity index (χ3n) is 2.83. The molecule has 0 radical (unpaired) electrons. The third kappa shape index (κ3) is 3.35. The topological polar surface area (TPSA) is 32.3 Å². The van der Waals surface area contributed by atoms with Crippen molar-refractivity contribution in [3.8, 4) is 0 Å². The lowest BCUT2D eigenvalue weighted by molar-refractivity contribution is -0.119. The molecule has 0 aromatic heterocycles. The summed E-state index contributed by atoms with van der Waals surface area (Å²) in [4.78, 5) is 13.1. The molecule has 3 nitrogen and oxygen atoms in total. The maximum atomic E-state index is 10.8. The molecule has 1 saturated carbocycles. The van der Waals surface area contributed by atoms with Crippen molar-refractivity contribution < 1.29 is 4.79 Å². The molecule has 13 heavy (non-hydrogen) atoms. The molecule has 0 unspecified atom stereocenters. The van der Waals surface area contributed by atoms with Crippen molar-refractivity contribution in [1.82, 2.24) is 10.2 Å². The van der Waals surface area contributed by atoms with Gasteiger partial charge in [0.15, 0.2) is 0 Å². The van der Waals surface area contributed by atoms with Crippen LogP contribution in [0.2, 0.25) is 0 Å². The van der Waals surface area contributed by atoms with Crippen molar-refractivity contribution in [2.24, 2.45) is 0 Å². The highest BCUT2D eigenvalue weighted by Gasteiger charge is 2.22. The summed E-state index contributed by atoms with van der Waals surface area (Å²) in [6, 6.07) is 1.14. The van der Waals surface area contributed by atoms with E-state index in [-0.39, 0.29) is 5.91 Å². The largest absolute Gasteiger partial charge is 0.354 e. The zero-order chi connectivity index (χ0) is 9.84. The van der Waals surface area contributed by atoms with E-state index in [9.17, 15) is 4.79 Å². The van der Waals surface area contributed by atoms with Crippen LogP contribution in [-0.4, -0.2) is 37.0 Å². The van der Waals surface area contributed by atoms with E-state index in [1.807, 2.05) is 0 Å². The van der Waals surface area contributed by atoms with Gasteiger partial charge in [0.05, 0.1) is 0 Å². The molecule has 3 heteroatoms. The minimum Gasteiger partial charge on any atom is -0.354 e. The Hall–Kier alpha value is -0.570. The molecule has 0 aromatic carbocycles. The summed E-state index contributed by atoms with van der Waals surface area (Å²) in [6.45, 7) is 1.60. The molecule has 1 fully saturated rings. The first-order chi connectivity index (χ1) is 6.09. The summed E-state index contributed by atoms with van der Waals surface area (Å²) in [7, 11) is 4.26. The molecule has 0 bridgehead atoms. The average molecular weight is 184 g/mol. The van der Waals surface area contributed by atoms with Gasteiger partial charge in [0.25, 0.3) is 0 Å². The number of nitrogens with one attached hydrogen (secondary N) is 1. The highest BCUT2D eigenvalue weighted by molar-refractivity contribution is 5.73. The van der Waals surface area contributed by atoms with Crippen molar-refractivity contribution >= 4 is 5.91 Å². The molecule has 0 atom stereocenters. The third-order valence-corrected chi connectivity index (χ3v) is 2.83. The zero-order valence-electron chi connectivity index (χ0n) is 8.84. The van der Waals surface area contributed by atoms with Crippen molar-refractivity contribution in [1.29, 1.82) is 0 Å². The van der Waals surface area contributed by atoms with Gasteiger partial charge in [0, 0.05) is 19.0 Å². The van der Waals surface area contributed by atoms with Crippen LogP contribution in [0.25, 0.3) is 0 Å². The van der Waals surface area contributed by atoms with Crippen molar-refractivity contribution in [3.05, 3.63) is 0 Å². The lowest BCUT2D eigenvalue weighted by Gasteiger charge is -2.32. The molecule has 0 saturated heterocycles. The van der Waals surface area contributed by atoms with Crippen molar-refractivity contribution in [2.75, 3.05) is 14.1 Å². The smallest absolute Gasteiger partial charge is 0.217 e. The van der Waals surface area contributed by atoms with Gasteiger partial charge in [-0.05, 0) is 39.8 Å². The SMILES string of the molecule is CC(=O)NC1CCC(N(C)C)CC1. The molecule has 1 N–H and O–H groups in total. The summed E-state index contributed by atoms with van der Waals surface area (Å²) in [5.41, 5.74) is 0. The van der Waals surface area contributed by atoms with Gasteiger partial charge in [-0.3, -0.25) is 4.79 Å². The Kier molecular flexibility index (Phi) is 3.72. The van der Waals surface area contributed by atoms with E-state index in [1.54, 1.807) is 6.92 Å². The fourth-order valence-electron chi connectivity index (χ4n) is 2.02. The summed E-state index contributed by atoms with van der Waals surface area (Å²) in [5.74, 6) is 0.105. The van der Waals surface area contributed by atoms with E-state index in [0.717, 1.165) is 12.8 Å². The Labute approximate surface area is 80.5 Å². The number of carbonyl (C=O) groups is 1. The summed E-state index contributed by atoms with van der Waals surface area (Å²) < 4.78 is 0. The number of hydrogen-bond donors (Lipinski definition) is 1. The molecule has 1 aliphatic rings. The number of nitrogens with zero attached hydrogens (tertiary/aromatic N) is 1. The molecule has 1 amide bonds. The Balaban J connectivity index is 2.26. The van der Waals surface area contributed by atoms with Gasteiger partial charge < -0.3 is 10.2 Å². The Morgan fingerprint density at radius 3 is 2.15 bits per heavy atom. The lowest BCUT2D eigenvalue weighted by atomic mass is 9.90. The standard InChI is InChI=1S/C10H20N2O/c1-8(13)11-9-4-6-10(7-5-9)12(2)3/h9-10H,4-7H2,1-3H3,(H,11,13). The minimum absolute atomic E-state index is 0.105. The summed E-state index contributed by atoms with van der Waals surface area (Å²) in [5, 5.41) is 2.98. The normalized spacial score (nSPS) is 28.9. The van der Waals surface area contributed by atoms with Crippen LogP contribution < -0.4 is 5.32 Å².